The van der Waals surface area contributed by atoms with Crippen LogP contribution >= 0.6 is 0 Å². The average Bonchev–Trinajstić information content (AvgIpc) is 2.15. The fraction of sp³-hybridized carbons (Fsp3) is 0.455. The zero-order valence-electron chi connectivity index (χ0n) is 7.93. The standard InChI is InChI=1S/C10H13.CH3.Sn/c1-2-3-7-10-8-5-4-6-9-10;;/h4-6,8H,2-3,7H2,1H3;1H3;. The van der Waals surface area contributed by atoms with E-state index in [1.807, 2.05) is 0 Å². The summed E-state index contributed by atoms with van der Waals surface area (Å²) in [6, 6.07) is 8.96. The summed E-state index contributed by atoms with van der Waals surface area (Å²) in [6.45, 7) is 2.26. The van der Waals surface area contributed by atoms with Gasteiger partial charge in [0.2, 0.25) is 0 Å². The van der Waals surface area contributed by atoms with Gasteiger partial charge in [0, 0.05) is 0 Å². The number of hydrogen-bond donors (Lipinski definition) is 0. The average molecular weight is 267 g/mol. The molecule has 0 amide bonds. The summed E-state index contributed by atoms with van der Waals surface area (Å²) in [4.78, 5) is 2.40. The molecule has 0 fully saturated rings. The zero-order chi connectivity index (χ0) is 8.81. The van der Waals surface area contributed by atoms with Gasteiger partial charge in [-0.3, -0.25) is 0 Å². The summed E-state index contributed by atoms with van der Waals surface area (Å²) in [5.41, 5.74) is 1.62. The molecule has 0 aliphatic carbocycles. The molecule has 0 spiro atoms. The van der Waals surface area contributed by atoms with Gasteiger partial charge in [0.15, 0.2) is 0 Å². The predicted molar refractivity (Wildman–Crippen MR) is 56.3 cm³/mol. The molecule has 12 heavy (non-hydrogen) atoms. The van der Waals surface area contributed by atoms with E-state index in [1.165, 1.54) is 19.3 Å². The van der Waals surface area contributed by atoms with Crippen LogP contribution in [0.5, 0.6) is 0 Å². The van der Waals surface area contributed by atoms with Crippen LogP contribution in [0.2, 0.25) is 4.94 Å². The maximum absolute atomic E-state index is 2.40. The molecule has 0 heterocycles. The third-order valence-electron chi connectivity index (χ3n) is 2.09. The second-order valence-electron chi connectivity index (χ2n) is 3.01. The number of rotatable bonds is 4. The van der Waals surface area contributed by atoms with E-state index in [-0.39, 0.29) is 21.1 Å². The fourth-order valence-electron chi connectivity index (χ4n) is 1.35. The molecule has 1 aromatic rings. The van der Waals surface area contributed by atoms with E-state index >= 15 is 0 Å². The van der Waals surface area contributed by atoms with Crippen LogP contribution < -0.4 is 3.58 Å². The van der Waals surface area contributed by atoms with Crippen molar-refractivity contribution in [1.82, 2.24) is 0 Å². The summed E-state index contributed by atoms with van der Waals surface area (Å²) in [7, 11) is 0. The van der Waals surface area contributed by atoms with Gasteiger partial charge < -0.3 is 0 Å². The second kappa shape index (κ2) is 5.63. The van der Waals surface area contributed by atoms with Crippen LogP contribution in [-0.4, -0.2) is 21.1 Å². The molecule has 1 heteroatoms. The van der Waals surface area contributed by atoms with Crippen LogP contribution in [0.15, 0.2) is 24.3 Å². The van der Waals surface area contributed by atoms with Gasteiger partial charge in [0.05, 0.1) is 0 Å². The zero-order valence-corrected chi connectivity index (χ0v) is 10.8. The fourth-order valence-corrected chi connectivity index (χ4v) is 3.61. The molecule has 0 N–H and O–H groups in total. The van der Waals surface area contributed by atoms with Crippen molar-refractivity contribution in [2.24, 2.45) is 0 Å². The van der Waals surface area contributed by atoms with Crippen LogP contribution in [0, 0.1) is 0 Å². The van der Waals surface area contributed by atoms with Crippen LogP contribution in [0.1, 0.15) is 25.3 Å². The molecule has 0 aromatic heterocycles. The Morgan fingerprint density at radius 1 is 1.25 bits per heavy atom. The van der Waals surface area contributed by atoms with E-state index in [0.717, 1.165) is 0 Å². The molecule has 0 aliphatic rings. The molecule has 0 aliphatic heterocycles. The third-order valence-corrected chi connectivity index (χ3v) is 5.02. The molecule has 0 saturated carbocycles. The van der Waals surface area contributed by atoms with Crippen molar-refractivity contribution in [1.29, 1.82) is 0 Å². The first-order valence-electron chi connectivity index (χ1n) is 4.64. The molecule has 1 rings (SSSR count). The van der Waals surface area contributed by atoms with Crippen LogP contribution in [0.3, 0.4) is 0 Å². The van der Waals surface area contributed by atoms with Gasteiger partial charge in [-0.25, -0.2) is 0 Å². The van der Waals surface area contributed by atoms with Gasteiger partial charge in [-0.1, -0.05) is 0 Å². The molecule has 0 nitrogen and oxygen atoms in total. The second-order valence-corrected chi connectivity index (χ2v) is 5.98. The van der Waals surface area contributed by atoms with E-state index < -0.39 is 0 Å². The molecule has 1 aromatic carbocycles. The molecule has 0 bridgehead atoms. The van der Waals surface area contributed by atoms with Gasteiger partial charge >= 0.3 is 85.7 Å². The van der Waals surface area contributed by atoms with Crippen LogP contribution in [0.25, 0.3) is 0 Å². The Morgan fingerprint density at radius 3 is 2.67 bits per heavy atom. The summed E-state index contributed by atoms with van der Waals surface area (Å²) in [6.07, 6.45) is 3.95. The van der Waals surface area contributed by atoms with Crippen molar-refractivity contribution in [2.45, 2.75) is 31.1 Å². The summed E-state index contributed by atoms with van der Waals surface area (Å²) in [5.74, 6) is 0. The van der Waals surface area contributed by atoms with Gasteiger partial charge in [0.25, 0.3) is 0 Å². The van der Waals surface area contributed by atoms with Crippen molar-refractivity contribution >= 4 is 24.7 Å². The van der Waals surface area contributed by atoms with Crippen molar-refractivity contribution in [3.8, 4) is 0 Å². The quantitative estimate of drug-likeness (QED) is 0.735. The number of hydrogen-bond acceptors (Lipinski definition) is 0. The first-order chi connectivity index (χ1) is 5.88. The Bertz CT molecular complexity index is 230. The van der Waals surface area contributed by atoms with Crippen molar-refractivity contribution in [2.75, 3.05) is 0 Å². The molecule has 0 saturated heterocycles. The summed E-state index contributed by atoms with van der Waals surface area (Å²) < 4.78 is 1.69. The van der Waals surface area contributed by atoms with Crippen molar-refractivity contribution in [3.05, 3.63) is 29.8 Å². The minimum atomic E-state index is -0.219. The van der Waals surface area contributed by atoms with E-state index in [2.05, 4.69) is 36.1 Å². The Labute approximate surface area is 85.6 Å². The van der Waals surface area contributed by atoms with E-state index in [1.54, 1.807) is 9.14 Å². The Kier molecular flexibility index (Phi) is 4.74. The first kappa shape index (κ1) is 10.1. The molecular weight excluding hydrogens is 251 g/mol. The van der Waals surface area contributed by atoms with Crippen molar-refractivity contribution < 1.29 is 0 Å². The van der Waals surface area contributed by atoms with Crippen LogP contribution in [0.4, 0.5) is 0 Å². The minimum absolute atomic E-state index is 0.219. The predicted octanol–water partition coefficient (Wildman–Crippen LogP) is 2.41. The van der Waals surface area contributed by atoms with Crippen LogP contribution in [-0.2, 0) is 6.42 Å². The maximum atomic E-state index is 2.40. The van der Waals surface area contributed by atoms with Gasteiger partial charge in [-0.05, 0) is 0 Å². The van der Waals surface area contributed by atoms with E-state index in [4.69, 9.17) is 0 Å². The first-order valence-corrected chi connectivity index (χ1v) is 8.92. The Morgan fingerprint density at radius 2 is 2.00 bits per heavy atom. The summed E-state index contributed by atoms with van der Waals surface area (Å²) >= 11 is -0.219. The molecule has 2 radical (unpaired) electrons. The molecule has 64 valence electrons. The normalized spacial score (nSPS) is 10.2. The number of aryl methyl sites for hydroxylation is 1. The van der Waals surface area contributed by atoms with Gasteiger partial charge in [-0.2, -0.15) is 0 Å². The SMILES string of the molecule is CCCCc1cccc[c]1[Sn][CH3]. The topological polar surface area (TPSA) is 0 Å². The third kappa shape index (κ3) is 2.81. The number of unbranched alkanes of at least 4 members (excludes halogenated alkanes) is 1. The molecule has 0 atom stereocenters. The van der Waals surface area contributed by atoms with E-state index in [0.29, 0.717) is 0 Å². The molecular formula is C11H16Sn. The monoisotopic (exact) mass is 268 g/mol. The van der Waals surface area contributed by atoms with Crippen molar-refractivity contribution in [3.63, 3.8) is 0 Å². The van der Waals surface area contributed by atoms with Gasteiger partial charge in [-0.15, -0.1) is 0 Å². The Balaban J connectivity index is 2.68. The number of benzene rings is 1. The summed E-state index contributed by atoms with van der Waals surface area (Å²) in [5, 5.41) is 0. The van der Waals surface area contributed by atoms with Gasteiger partial charge in [0.1, 0.15) is 0 Å². The Hall–Kier alpha value is 0.0187. The molecule has 0 unspecified atom stereocenters. The van der Waals surface area contributed by atoms with E-state index in [9.17, 15) is 0 Å².